The van der Waals surface area contributed by atoms with Gasteiger partial charge in [-0.05, 0) is 39.2 Å². The van der Waals surface area contributed by atoms with Crippen molar-refractivity contribution in [1.82, 2.24) is 4.90 Å². The van der Waals surface area contributed by atoms with E-state index in [1.54, 1.807) is 0 Å². The highest BCUT2D eigenvalue weighted by Gasteiger charge is 2.40. The van der Waals surface area contributed by atoms with Crippen LogP contribution in [0.1, 0.15) is 39.5 Å². The van der Waals surface area contributed by atoms with E-state index < -0.39 is 11.5 Å². The van der Waals surface area contributed by atoms with Crippen LogP contribution in [0.5, 0.6) is 0 Å². The fourth-order valence-electron chi connectivity index (χ4n) is 2.20. The number of rotatable bonds is 6. The molecule has 0 radical (unpaired) electrons. The number of hydrogen-bond acceptors (Lipinski definition) is 3. The highest BCUT2D eigenvalue weighted by molar-refractivity contribution is 5.78. The van der Waals surface area contributed by atoms with Crippen molar-refractivity contribution in [3.8, 4) is 0 Å². The lowest BCUT2D eigenvalue weighted by atomic mass is 9.88. The van der Waals surface area contributed by atoms with Crippen molar-refractivity contribution in [2.45, 2.75) is 45.1 Å². The molecule has 1 rings (SSSR count). The average molecular weight is 229 g/mol. The summed E-state index contributed by atoms with van der Waals surface area (Å²) in [7, 11) is 0. The van der Waals surface area contributed by atoms with Crippen LogP contribution in [0, 0.1) is 0 Å². The third kappa shape index (κ3) is 3.19. The SMILES string of the molecule is CCCOCCN1CCCCC1(C)C(=O)O. The number of ether oxygens (including phenoxy) is 1. The minimum atomic E-state index is -0.706. The second-order valence-corrected chi connectivity index (χ2v) is 4.64. The van der Waals surface area contributed by atoms with Gasteiger partial charge in [0.2, 0.25) is 0 Å². The van der Waals surface area contributed by atoms with Crippen LogP contribution in [0.4, 0.5) is 0 Å². The Morgan fingerprint density at radius 1 is 1.44 bits per heavy atom. The van der Waals surface area contributed by atoms with Gasteiger partial charge in [-0.2, -0.15) is 0 Å². The Morgan fingerprint density at radius 2 is 2.19 bits per heavy atom. The smallest absolute Gasteiger partial charge is 0.323 e. The summed E-state index contributed by atoms with van der Waals surface area (Å²) >= 11 is 0. The molecule has 1 heterocycles. The average Bonchev–Trinajstić information content (AvgIpc) is 2.26. The Hall–Kier alpha value is -0.610. The van der Waals surface area contributed by atoms with Crippen molar-refractivity contribution < 1.29 is 14.6 Å². The summed E-state index contributed by atoms with van der Waals surface area (Å²) in [5.74, 6) is -0.706. The second kappa shape index (κ2) is 6.21. The molecular weight excluding hydrogens is 206 g/mol. The van der Waals surface area contributed by atoms with Gasteiger partial charge >= 0.3 is 5.97 Å². The predicted octanol–water partition coefficient (Wildman–Crippen LogP) is 1.74. The predicted molar refractivity (Wildman–Crippen MR) is 62.6 cm³/mol. The summed E-state index contributed by atoms with van der Waals surface area (Å²) in [5, 5.41) is 9.29. The van der Waals surface area contributed by atoms with Gasteiger partial charge in [-0.15, -0.1) is 0 Å². The Kier molecular flexibility index (Phi) is 5.22. The first-order valence-electron chi connectivity index (χ1n) is 6.17. The maximum Gasteiger partial charge on any atom is 0.323 e. The first kappa shape index (κ1) is 13.5. The van der Waals surface area contributed by atoms with Crippen molar-refractivity contribution in [2.24, 2.45) is 0 Å². The molecule has 0 aromatic rings. The molecule has 16 heavy (non-hydrogen) atoms. The molecule has 0 aromatic heterocycles. The maximum absolute atomic E-state index is 11.3. The third-order valence-electron chi connectivity index (χ3n) is 3.35. The number of nitrogens with zero attached hydrogens (tertiary/aromatic N) is 1. The largest absolute Gasteiger partial charge is 0.480 e. The van der Waals surface area contributed by atoms with E-state index in [-0.39, 0.29) is 0 Å². The summed E-state index contributed by atoms with van der Waals surface area (Å²) in [4.78, 5) is 13.3. The van der Waals surface area contributed by atoms with Crippen LogP contribution in [0.3, 0.4) is 0 Å². The number of carboxylic acids is 1. The Bertz CT molecular complexity index is 232. The molecule has 1 unspecified atom stereocenters. The van der Waals surface area contributed by atoms with Gasteiger partial charge in [-0.25, -0.2) is 0 Å². The van der Waals surface area contributed by atoms with E-state index >= 15 is 0 Å². The number of likely N-dealkylation sites (tertiary alicyclic amines) is 1. The van der Waals surface area contributed by atoms with Gasteiger partial charge in [-0.3, -0.25) is 9.69 Å². The molecule has 1 aliphatic heterocycles. The van der Waals surface area contributed by atoms with E-state index in [4.69, 9.17) is 4.74 Å². The van der Waals surface area contributed by atoms with Gasteiger partial charge in [0.1, 0.15) is 5.54 Å². The Labute approximate surface area is 97.6 Å². The van der Waals surface area contributed by atoms with Crippen molar-refractivity contribution in [2.75, 3.05) is 26.3 Å². The minimum absolute atomic E-state index is 0.636. The fraction of sp³-hybridized carbons (Fsp3) is 0.917. The molecule has 1 saturated heterocycles. The van der Waals surface area contributed by atoms with E-state index in [9.17, 15) is 9.90 Å². The molecule has 4 nitrogen and oxygen atoms in total. The summed E-state index contributed by atoms with van der Waals surface area (Å²) in [6.45, 7) is 6.89. The summed E-state index contributed by atoms with van der Waals surface area (Å²) < 4.78 is 5.42. The highest BCUT2D eigenvalue weighted by Crippen LogP contribution is 2.27. The molecule has 1 N–H and O–H groups in total. The molecule has 0 spiro atoms. The van der Waals surface area contributed by atoms with Gasteiger partial charge in [0.15, 0.2) is 0 Å². The van der Waals surface area contributed by atoms with Gasteiger partial charge in [0, 0.05) is 13.2 Å². The quantitative estimate of drug-likeness (QED) is 0.705. The fourth-order valence-corrected chi connectivity index (χ4v) is 2.20. The zero-order chi connectivity index (χ0) is 12.0. The van der Waals surface area contributed by atoms with Crippen LogP contribution < -0.4 is 0 Å². The molecule has 0 aromatic carbocycles. The molecule has 0 saturated carbocycles. The Balaban J connectivity index is 2.44. The van der Waals surface area contributed by atoms with Gasteiger partial charge in [-0.1, -0.05) is 6.92 Å². The molecule has 1 aliphatic rings. The molecule has 0 bridgehead atoms. The van der Waals surface area contributed by atoms with Crippen molar-refractivity contribution in [3.63, 3.8) is 0 Å². The normalized spacial score (nSPS) is 26.9. The lowest BCUT2D eigenvalue weighted by molar-refractivity contribution is -0.153. The monoisotopic (exact) mass is 229 g/mol. The number of piperidine rings is 1. The van der Waals surface area contributed by atoms with Gasteiger partial charge in [0.25, 0.3) is 0 Å². The maximum atomic E-state index is 11.3. The summed E-state index contributed by atoms with van der Waals surface area (Å²) in [6, 6.07) is 0. The van der Waals surface area contributed by atoms with E-state index in [1.165, 1.54) is 0 Å². The molecule has 0 amide bonds. The van der Waals surface area contributed by atoms with Gasteiger partial charge in [0.05, 0.1) is 6.61 Å². The highest BCUT2D eigenvalue weighted by atomic mass is 16.5. The number of aliphatic carboxylic acids is 1. The molecule has 94 valence electrons. The number of hydrogen-bond donors (Lipinski definition) is 1. The summed E-state index contributed by atoms with van der Waals surface area (Å²) in [5.41, 5.74) is -0.687. The standard InChI is InChI=1S/C12H23NO3/c1-3-9-16-10-8-13-7-5-4-6-12(13,2)11(14)15/h3-10H2,1-2H3,(H,14,15). The van der Waals surface area contributed by atoms with Crippen LogP contribution >= 0.6 is 0 Å². The second-order valence-electron chi connectivity index (χ2n) is 4.64. The molecule has 1 atom stereocenters. The molecular formula is C12H23NO3. The zero-order valence-electron chi connectivity index (χ0n) is 10.4. The summed E-state index contributed by atoms with van der Waals surface area (Å²) in [6.07, 6.45) is 3.86. The van der Waals surface area contributed by atoms with E-state index in [2.05, 4.69) is 11.8 Å². The lowest BCUT2D eigenvalue weighted by Gasteiger charge is -2.41. The molecule has 1 fully saturated rings. The number of carboxylic acid groups (broad SMARTS) is 1. The first-order chi connectivity index (χ1) is 7.61. The van der Waals surface area contributed by atoms with E-state index in [0.717, 1.165) is 45.4 Å². The van der Waals surface area contributed by atoms with Crippen LogP contribution in [0.25, 0.3) is 0 Å². The lowest BCUT2D eigenvalue weighted by Crippen LogP contribution is -2.55. The van der Waals surface area contributed by atoms with E-state index in [0.29, 0.717) is 6.61 Å². The molecule has 0 aliphatic carbocycles. The van der Waals surface area contributed by atoms with Crippen LogP contribution in [0.15, 0.2) is 0 Å². The molecule has 4 heteroatoms. The topological polar surface area (TPSA) is 49.8 Å². The van der Waals surface area contributed by atoms with Crippen molar-refractivity contribution in [1.29, 1.82) is 0 Å². The van der Waals surface area contributed by atoms with Crippen LogP contribution in [-0.2, 0) is 9.53 Å². The first-order valence-corrected chi connectivity index (χ1v) is 6.17. The van der Waals surface area contributed by atoms with Gasteiger partial charge < -0.3 is 9.84 Å². The van der Waals surface area contributed by atoms with Crippen molar-refractivity contribution in [3.05, 3.63) is 0 Å². The Morgan fingerprint density at radius 3 is 2.81 bits per heavy atom. The van der Waals surface area contributed by atoms with E-state index in [1.807, 2.05) is 6.92 Å². The van der Waals surface area contributed by atoms with Crippen LogP contribution in [-0.4, -0.2) is 47.8 Å². The zero-order valence-corrected chi connectivity index (χ0v) is 10.4. The van der Waals surface area contributed by atoms with Crippen molar-refractivity contribution >= 4 is 5.97 Å². The third-order valence-corrected chi connectivity index (χ3v) is 3.35. The minimum Gasteiger partial charge on any atom is -0.480 e. The number of carbonyl (C=O) groups is 1. The van der Waals surface area contributed by atoms with Crippen LogP contribution in [0.2, 0.25) is 0 Å².